The minimum atomic E-state index is -0.0856. The number of anilines is 1. The second-order valence-electron chi connectivity index (χ2n) is 6.86. The first-order valence-corrected chi connectivity index (χ1v) is 8.64. The molecule has 1 saturated heterocycles. The van der Waals surface area contributed by atoms with Gasteiger partial charge in [-0.05, 0) is 37.8 Å². The minimum absolute atomic E-state index is 0.0469. The second kappa shape index (κ2) is 5.96. The normalized spacial score (nSPS) is 23.9. The Morgan fingerprint density at radius 2 is 2.04 bits per heavy atom. The Balaban J connectivity index is 1.54. The third kappa shape index (κ3) is 2.98. The number of H-pyrrole nitrogens is 1. The van der Waals surface area contributed by atoms with Crippen LogP contribution >= 0.6 is 0 Å². The van der Waals surface area contributed by atoms with E-state index in [1.165, 1.54) is 19.3 Å². The summed E-state index contributed by atoms with van der Waals surface area (Å²) in [6.45, 7) is 0.787. The van der Waals surface area contributed by atoms with Crippen molar-refractivity contribution in [3.05, 3.63) is 34.6 Å². The molecule has 1 aromatic carbocycles. The Morgan fingerprint density at radius 3 is 2.91 bits per heavy atom. The molecule has 2 heterocycles. The predicted molar refractivity (Wildman–Crippen MR) is 90.8 cm³/mol. The number of aromatic amines is 1. The van der Waals surface area contributed by atoms with E-state index in [-0.39, 0.29) is 11.2 Å². The molecule has 1 spiro atoms. The molecule has 1 atom stereocenters. The molecule has 1 aliphatic heterocycles. The molecule has 0 radical (unpaired) electrons. The van der Waals surface area contributed by atoms with E-state index in [1.807, 2.05) is 18.2 Å². The number of fused-ring (bicyclic) bond motifs is 1. The molecule has 1 aromatic heterocycles. The number of aromatic nitrogens is 2. The maximum absolute atomic E-state index is 12.2. The highest BCUT2D eigenvalue weighted by Crippen LogP contribution is 2.39. The van der Waals surface area contributed by atoms with Crippen LogP contribution in [0.3, 0.4) is 0 Å². The lowest BCUT2D eigenvalue weighted by molar-refractivity contribution is -0.103. The average Bonchev–Trinajstić information content (AvgIpc) is 2.56. The van der Waals surface area contributed by atoms with Gasteiger partial charge in [-0.15, -0.1) is 0 Å². The molecule has 2 aliphatic rings. The van der Waals surface area contributed by atoms with E-state index in [1.54, 1.807) is 6.07 Å². The Bertz CT molecular complexity index is 744. The van der Waals surface area contributed by atoms with Crippen molar-refractivity contribution in [3.63, 3.8) is 0 Å². The van der Waals surface area contributed by atoms with Gasteiger partial charge in [-0.3, -0.25) is 9.78 Å². The van der Waals surface area contributed by atoms with Crippen LogP contribution in [0.2, 0.25) is 0 Å². The van der Waals surface area contributed by atoms with Gasteiger partial charge in [0, 0.05) is 12.6 Å². The van der Waals surface area contributed by atoms with E-state index in [9.17, 15) is 4.79 Å². The molecule has 2 fully saturated rings. The Hall–Kier alpha value is -1.88. The van der Waals surface area contributed by atoms with Gasteiger partial charge >= 0.3 is 0 Å². The number of benzene rings is 1. The average molecular weight is 313 g/mol. The Morgan fingerprint density at radius 1 is 1.22 bits per heavy atom. The lowest BCUT2D eigenvalue weighted by atomic mass is 9.78. The summed E-state index contributed by atoms with van der Waals surface area (Å²) >= 11 is 0. The van der Waals surface area contributed by atoms with Crippen molar-refractivity contribution in [1.82, 2.24) is 9.97 Å². The van der Waals surface area contributed by atoms with Crippen LogP contribution in [-0.2, 0) is 4.74 Å². The fourth-order valence-electron chi connectivity index (χ4n) is 4.04. The zero-order valence-electron chi connectivity index (χ0n) is 13.3. The molecular weight excluding hydrogens is 290 g/mol. The fourth-order valence-corrected chi connectivity index (χ4v) is 4.04. The van der Waals surface area contributed by atoms with Crippen LogP contribution in [0.5, 0.6) is 0 Å². The zero-order valence-corrected chi connectivity index (χ0v) is 13.3. The lowest BCUT2D eigenvalue weighted by Crippen LogP contribution is -2.45. The quantitative estimate of drug-likeness (QED) is 0.893. The molecule has 0 bridgehead atoms. The van der Waals surface area contributed by atoms with E-state index >= 15 is 0 Å². The Kier molecular flexibility index (Phi) is 3.81. The Labute approximate surface area is 135 Å². The molecule has 2 N–H and O–H groups in total. The summed E-state index contributed by atoms with van der Waals surface area (Å²) in [6, 6.07) is 7.76. The van der Waals surface area contributed by atoms with Crippen LogP contribution in [0.4, 0.5) is 5.95 Å². The lowest BCUT2D eigenvalue weighted by Gasteiger charge is -2.43. The summed E-state index contributed by atoms with van der Waals surface area (Å²) in [7, 11) is 0. The highest BCUT2D eigenvalue weighted by Gasteiger charge is 2.38. The summed E-state index contributed by atoms with van der Waals surface area (Å²) in [5.41, 5.74) is 0.696. The van der Waals surface area contributed by atoms with Crippen LogP contribution in [-0.4, -0.2) is 28.2 Å². The van der Waals surface area contributed by atoms with Crippen molar-refractivity contribution < 1.29 is 4.74 Å². The number of nitrogens with zero attached hydrogens (tertiary/aromatic N) is 1. The topological polar surface area (TPSA) is 67.0 Å². The summed E-state index contributed by atoms with van der Waals surface area (Å²) in [4.78, 5) is 19.6. The zero-order chi connectivity index (χ0) is 15.7. The van der Waals surface area contributed by atoms with Crippen LogP contribution < -0.4 is 10.9 Å². The van der Waals surface area contributed by atoms with Crippen LogP contribution in [0.1, 0.15) is 44.9 Å². The van der Waals surface area contributed by atoms with E-state index in [4.69, 9.17) is 4.74 Å². The number of ether oxygens (including phenoxy) is 1. The third-order valence-electron chi connectivity index (χ3n) is 5.21. The molecule has 5 nitrogen and oxygen atoms in total. The number of nitrogens with one attached hydrogen (secondary N) is 2. The van der Waals surface area contributed by atoms with E-state index < -0.39 is 0 Å². The van der Waals surface area contributed by atoms with Gasteiger partial charge in [0.25, 0.3) is 5.56 Å². The highest BCUT2D eigenvalue weighted by molar-refractivity contribution is 5.78. The van der Waals surface area contributed by atoms with Gasteiger partial charge in [0.05, 0.1) is 16.5 Å². The first-order chi connectivity index (χ1) is 11.2. The molecule has 122 valence electrons. The van der Waals surface area contributed by atoms with Gasteiger partial charge < -0.3 is 10.1 Å². The van der Waals surface area contributed by atoms with Crippen molar-refractivity contribution in [2.45, 2.75) is 56.6 Å². The summed E-state index contributed by atoms with van der Waals surface area (Å²) in [5.74, 6) is 0.576. The first-order valence-electron chi connectivity index (χ1n) is 8.64. The molecule has 1 aliphatic carbocycles. The maximum Gasteiger partial charge on any atom is 0.260 e. The van der Waals surface area contributed by atoms with Gasteiger partial charge in [0.1, 0.15) is 0 Å². The molecule has 1 saturated carbocycles. The smallest absolute Gasteiger partial charge is 0.260 e. The molecule has 4 rings (SSSR count). The monoisotopic (exact) mass is 313 g/mol. The number of rotatable bonds is 2. The molecule has 1 unspecified atom stereocenters. The van der Waals surface area contributed by atoms with E-state index in [0.29, 0.717) is 17.4 Å². The van der Waals surface area contributed by atoms with Gasteiger partial charge in [0.15, 0.2) is 0 Å². The minimum Gasteiger partial charge on any atom is -0.375 e. The van der Waals surface area contributed by atoms with E-state index in [0.717, 1.165) is 37.8 Å². The van der Waals surface area contributed by atoms with E-state index in [2.05, 4.69) is 15.3 Å². The summed E-state index contributed by atoms with van der Waals surface area (Å²) < 4.78 is 6.14. The van der Waals surface area contributed by atoms with Gasteiger partial charge in [-0.1, -0.05) is 31.4 Å². The van der Waals surface area contributed by atoms with Crippen LogP contribution in [0.15, 0.2) is 29.1 Å². The molecule has 5 heteroatoms. The van der Waals surface area contributed by atoms with Crippen LogP contribution in [0, 0.1) is 0 Å². The van der Waals surface area contributed by atoms with Gasteiger partial charge in [0.2, 0.25) is 5.95 Å². The maximum atomic E-state index is 12.2. The van der Waals surface area contributed by atoms with Crippen molar-refractivity contribution in [3.8, 4) is 0 Å². The van der Waals surface area contributed by atoms with Gasteiger partial charge in [-0.2, -0.15) is 0 Å². The fraction of sp³-hybridized carbons (Fsp3) is 0.556. The molecule has 2 aromatic rings. The van der Waals surface area contributed by atoms with Crippen molar-refractivity contribution >= 4 is 16.9 Å². The van der Waals surface area contributed by atoms with Gasteiger partial charge in [-0.25, -0.2) is 4.98 Å². The summed E-state index contributed by atoms with van der Waals surface area (Å²) in [6.07, 6.45) is 8.12. The molecule has 0 amide bonds. The highest BCUT2D eigenvalue weighted by atomic mass is 16.5. The first kappa shape index (κ1) is 14.7. The van der Waals surface area contributed by atoms with Crippen molar-refractivity contribution in [2.75, 3.05) is 11.9 Å². The van der Waals surface area contributed by atoms with Crippen LogP contribution in [0.25, 0.3) is 10.9 Å². The number of hydrogen-bond donors (Lipinski definition) is 2. The molecular formula is C18H23N3O2. The summed E-state index contributed by atoms with van der Waals surface area (Å²) in [5, 5.41) is 4.07. The second-order valence-corrected chi connectivity index (χ2v) is 6.86. The molecule has 23 heavy (non-hydrogen) atoms. The predicted octanol–water partition coefficient (Wildman–Crippen LogP) is 3.22. The SMILES string of the molecule is O=c1[nH]c(NC2CCOC3(CCCCC3)C2)nc2ccccc12. The third-order valence-corrected chi connectivity index (χ3v) is 5.21. The number of hydrogen-bond acceptors (Lipinski definition) is 4. The largest absolute Gasteiger partial charge is 0.375 e. The number of para-hydroxylation sites is 1. The van der Waals surface area contributed by atoms with Crippen molar-refractivity contribution in [2.24, 2.45) is 0 Å². The van der Waals surface area contributed by atoms with Crippen molar-refractivity contribution in [1.29, 1.82) is 0 Å². The standard InChI is InChI=1S/C18H23N3O2/c22-16-14-6-2-3-7-15(14)20-17(21-16)19-13-8-11-23-18(12-13)9-4-1-5-10-18/h2-3,6-7,13H,1,4-5,8-12H2,(H2,19,20,21,22).